The van der Waals surface area contributed by atoms with Crippen LogP contribution in [0.1, 0.15) is 49.1 Å². The van der Waals surface area contributed by atoms with Crippen molar-refractivity contribution in [1.29, 1.82) is 0 Å². The van der Waals surface area contributed by atoms with Gasteiger partial charge in [0.15, 0.2) is 0 Å². The third-order valence-corrected chi connectivity index (χ3v) is 4.68. The third kappa shape index (κ3) is 3.18. The van der Waals surface area contributed by atoms with Gasteiger partial charge in [0.25, 0.3) is 0 Å². The van der Waals surface area contributed by atoms with Gasteiger partial charge in [0.05, 0.1) is 6.10 Å². The predicted octanol–water partition coefficient (Wildman–Crippen LogP) is 3.28. The van der Waals surface area contributed by atoms with Gasteiger partial charge in [-0.25, -0.2) is 0 Å². The van der Waals surface area contributed by atoms with Crippen LogP contribution >= 0.6 is 0 Å². The van der Waals surface area contributed by atoms with Gasteiger partial charge in [0.1, 0.15) is 0 Å². The molecule has 0 aromatic heterocycles. The Hall–Kier alpha value is -0.860. The van der Waals surface area contributed by atoms with Crippen molar-refractivity contribution < 1.29 is 9.84 Å². The molecule has 1 aromatic carbocycles. The van der Waals surface area contributed by atoms with E-state index in [0.717, 1.165) is 32.5 Å². The van der Waals surface area contributed by atoms with E-state index in [1.165, 1.54) is 30.4 Å². The van der Waals surface area contributed by atoms with Crippen molar-refractivity contribution in [2.45, 2.75) is 50.5 Å². The van der Waals surface area contributed by atoms with Crippen LogP contribution in [0, 0.1) is 5.92 Å². The molecule has 3 rings (SSSR count). The zero-order valence-corrected chi connectivity index (χ0v) is 11.6. The molecular weight excluding hydrogens is 236 g/mol. The van der Waals surface area contributed by atoms with E-state index in [2.05, 4.69) is 24.3 Å². The van der Waals surface area contributed by atoms with Gasteiger partial charge in [0, 0.05) is 13.2 Å². The summed E-state index contributed by atoms with van der Waals surface area (Å²) in [6, 6.07) is 8.77. The minimum atomic E-state index is -0.164. The SMILES string of the molecule is OC(CC1CCOC1)CC1CCCc2ccccc21. The summed E-state index contributed by atoms with van der Waals surface area (Å²) >= 11 is 0. The Morgan fingerprint density at radius 1 is 1.21 bits per heavy atom. The van der Waals surface area contributed by atoms with Crippen LogP contribution in [0.3, 0.4) is 0 Å². The maximum absolute atomic E-state index is 10.3. The first-order valence-corrected chi connectivity index (χ1v) is 7.66. The Morgan fingerprint density at radius 3 is 2.95 bits per heavy atom. The van der Waals surface area contributed by atoms with Crippen molar-refractivity contribution in [3.05, 3.63) is 35.4 Å². The lowest BCUT2D eigenvalue weighted by atomic mass is 9.79. The second-order valence-electron chi connectivity index (χ2n) is 6.14. The van der Waals surface area contributed by atoms with Crippen LogP contribution in [0.15, 0.2) is 24.3 Å². The number of aliphatic hydroxyl groups excluding tert-OH is 1. The smallest absolute Gasteiger partial charge is 0.0549 e. The molecule has 3 atom stereocenters. The molecule has 2 heteroatoms. The van der Waals surface area contributed by atoms with E-state index in [0.29, 0.717) is 11.8 Å². The molecule has 2 nitrogen and oxygen atoms in total. The lowest BCUT2D eigenvalue weighted by Gasteiger charge is -2.28. The number of rotatable bonds is 4. The highest BCUT2D eigenvalue weighted by molar-refractivity contribution is 5.32. The summed E-state index contributed by atoms with van der Waals surface area (Å²) in [5.74, 6) is 1.14. The van der Waals surface area contributed by atoms with Gasteiger partial charge >= 0.3 is 0 Å². The van der Waals surface area contributed by atoms with Crippen molar-refractivity contribution in [3.63, 3.8) is 0 Å². The molecule has 0 saturated carbocycles. The minimum Gasteiger partial charge on any atom is -0.393 e. The first-order valence-electron chi connectivity index (χ1n) is 7.66. The zero-order chi connectivity index (χ0) is 13.1. The van der Waals surface area contributed by atoms with E-state index in [1.807, 2.05) is 0 Å². The molecular formula is C17H24O2. The van der Waals surface area contributed by atoms with Crippen molar-refractivity contribution in [1.82, 2.24) is 0 Å². The van der Waals surface area contributed by atoms with Crippen molar-refractivity contribution in [2.75, 3.05) is 13.2 Å². The standard InChI is InChI=1S/C17H24O2/c18-16(10-13-8-9-19-12-13)11-15-6-3-5-14-4-1-2-7-17(14)15/h1-2,4,7,13,15-16,18H,3,5-6,8-12H2. The number of hydrogen-bond acceptors (Lipinski definition) is 2. The summed E-state index contributed by atoms with van der Waals surface area (Å²) in [7, 11) is 0. The highest BCUT2D eigenvalue weighted by atomic mass is 16.5. The highest BCUT2D eigenvalue weighted by Gasteiger charge is 2.25. The summed E-state index contributed by atoms with van der Waals surface area (Å²) in [4.78, 5) is 0. The average molecular weight is 260 g/mol. The number of benzene rings is 1. The molecule has 1 aliphatic heterocycles. The molecule has 1 heterocycles. The van der Waals surface area contributed by atoms with Gasteiger partial charge in [0.2, 0.25) is 0 Å². The number of aryl methyl sites for hydroxylation is 1. The molecule has 1 aliphatic carbocycles. The molecule has 1 aromatic rings. The number of aliphatic hydroxyl groups is 1. The van der Waals surface area contributed by atoms with E-state index >= 15 is 0 Å². The zero-order valence-electron chi connectivity index (χ0n) is 11.6. The van der Waals surface area contributed by atoms with E-state index in [1.54, 1.807) is 0 Å². The van der Waals surface area contributed by atoms with Gasteiger partial charge in [-0.3, -0.25) is 0 Å². The monoisotopic (exact) mass is 260 g/mol. The summed E-state index contributed by atoms with van der Waals surface area (Å²) < 4.78 is 5.39. The van der Waals surface area contributed by atoms with Gasteiger partial charge < -0.3 is 9.84 Å². The minimum absolute atomic E-state index is 0.164. The van der Waals surface area contributed by atoms with Crippen LogP contribution < -0.4 is 0 Å². The van der Waals surface area contributed by atoms with Crippen LogP contribution in [0.4, 0.5) is 0 Å². The normalized spacial score (nSPS) is 28.1. The summed E-state index contributed by atoms with van der Waals surface area (Å²) in [5.41, 5.74) is 2.98. The van der Waals surface area contributed by atoms with Gasteiger partial charge in [-0.15, -0.1) is 0 Å². The second kappa shape index (κ2) is 6.06. The van der Waals surface area contributed by atoms with Crippen LogP contribution in [0.25, 0.3) is 0 Å². The fourth-order valence-corrected chi connectivity index (χ4v) is 3.68. The fraction of sp³-hybridized carbons (Fsp3) is 0.647. The van der Waals surface area contributed by atoms with Crippen LogP contribution in [0.5, 0.6) is 0 Å². The topological polar surface area (TPSA) is 29.5 Å². The maximum atomic E-state index is 10.3. The Morgan fingerprint density at radius 2 is 2.11 bits per heavy atom. The molecule has 3 unspecified atom stereocenters. The second-order valence-corrected chi connectivity index (χ2v) is 6.14. The maximum Gasteiger partial charge on any atom is 0.0549 e. The van der Waals surface area contributed by atoms with Crippen molar-refractivity contribution in [2.24, 2.45) is 5.92 Å². The third-order valence-electron chi connectivity index (χ3n) is 4.68. The van der Waals surface area contributed by atoms with Gasteiger partial charge in [-0.2, -0.15) is 0 Å². The Labute approximate surface area is 115 Å². The molecule has 2 aliphatic rings. The predicted molar refractivity (Wildman–Crippen MR) is 76.3 cm³/mol. The molecule has 0 radical (unpaired) electrons. The van der Waals surface area contributed by atoms with Gasteiger partial charge in [-0.1, -0.05) is 24.3 Å². The van der Waals surface area contributed by atoms with E-state index in [9.17, 15) is 5.11 Å². The largest absolute Gasteiger partial charge is 0.393 e. The summed E-state index contributed by atoms with van der Waals surface area (Å²) in [5, 5.41) is 10.3. The van der Waals surface area contributed by atoms with E-state index in [-0.39, 0.29) is 6.10 Å². The lowest BCUT2D eigenvalue weighted by Crippen LogP contribution is -2.19. The van der Waals surface area contributed by atoms with E-state index < -0.39 is 0 Å². The number of hydrogen-bond donors (Lipinski definition) is 1. The van der Waals surface area contributed by atoms with Crippen molar-refractivity contribution >= 4 is 0 Å². The summed E-state index contributed by atoms with van der Waals surface area (Å²) in [6.45, 7) is 1.72. The van der Waals surface area contributed by atoms with Crippen LogP contribution in [-0.4, -0.2) is 24.4 Å². The Kier molecular flexibility index (Phi) is 4.19. The molecule has 0 spiro atoms. The first-order chi connectivity index (χ1) is 9.33. The summed E-state index contributed by atoms with van der Waals surface area (Å²) in [6.07, 6.45) is 6.50. The molecule has 0 amide bonds. The Bertz CT molecular complexity index is 409. The molecule has 1 fully saturated rings. The molecule has 104 valence electrons. The van der Waals surface area contributed by atoms with Crippen LogP contribution in [-0.2, 0) is 11.2 Å². The average Bonchev–Trinajstić information content (AvgIpc) is 2.92. The molecule has 1 saturated heterocycles. The Balaban J connectivity index is 1.60. The lowest BCUT2D eigenvalue weighted by molar-refractivity contribution is 0.113. The fourth-order valence-electron chi connectivity index (χ4n) is 3.68. The quantitative estimate of drug-likeness (QED) is 0.900. The molecule has 19 heavy (non-hydrogen) atoms. The van der Waals surface area contributed by atoms with E-state index in [4.69, 9.17) is 4.74 Å². The first kappa shape index (κ1) is 13.1. The number of fused-ring (bicyclic) bond motifs is 1. The molecule has 0 bridgehead atoms. The van der Waals surface area contributed by atoms with Crippen LogP contribution in [0.2, 0.25) is 0 Å². The van der Waals surface area contributed by atoms with Gasteiger partial charge in [-0.05, 0) is 61.5 Å². The highest BCUT2D eigenvalue weighted by Crippen LogP contribution is 2.35. The molecule has 1 N–H and O–H groups in total. The van der Waals surface area contributed by atoms with Crippen molar-refractivity contribution in [3.8, 4) is 0 Å². The number of ether oxygens (including phenoxy) is 1.